The first kappa shape index (κ1) is 38.3. The summed E-state index contributed by atoms with van der Waals surface area (Å²) in [5, 5.41) is 15.8. The van der Waals surface area contributed by atoms with Gasteiger partial charge in [0, 0.05) is 0 Å². The lowest BCUT2D eigenvalue weighted by Crippen LogP contribution is -2.63. The molecule has 0 unspecified atom stereocenters. The molecule has 1 aromatic rings. The van der Waals surface area contributed by atoms with E-state index in [0.29, 0.717) is 0 Å². The lowest BCUT2D eigenvalue weighted by molar-refractivity contribution is -0.238. The number of carboxylic acid groups (broad SMARTS) is 1. The summed E-state index contributed by atoms with van der Waals surface area (Å²) in [5.74, 6) is -6.20. The van der Waals surface area contributed by atoms with Gasteiger partial charge in [-0.2, -0.15) is 0 Å². The minimum atomic E-state index is -1.94. The fourth-order valence-electron chi connectivity index (χ4n) is 8.11. The average molecular weight is 751 g/mol. The van der Waals surface area contributed by atoms with Crippen molar-refractivity contribution in [3.8, 4) is 0 Å². The van der Waals surface area contributed by atoms with Gasteiger partial charge in [-0.15, -0.1) is 0 Å². The predicted molar refractivity (Wildman–Crippen MR) is 177 cm³/mol. The molecule has 0 aliphatic carbocycles. The van der Waals surface area contributed by atoms with Crippen LogP contribution in [0.1, 0.15) is 73.8 Å². The third-order valence-corrected chi connectivity index (χ3v) is 10.0. The van der Waals surface area contributed by atoms with Gasteiger partial charge in [0.2, 0.25) is 5.91 Å². The first-order chi connectivity index (χ1) is 24.7. The maximum atomic E-state index is 14.5. The zero-order valence-electron chi connectivity index (χ0n) is 31.2. The second-order valence-corrected chi connectivity index (χ2v) is 16.2. The van der Waals surface area contributed by atoms with E-state index in [1.165, 1.54) is 0 Å². The Kier molecular flexibility index (Phi) is 9.65. The number of rotatable bonds is 10. The number of hydrogen-bond acceptors (Lipinski definition) is 14. The number of amides is 2. The molecule has 6 aliphatic rings. The summed E-state index contributed by atoms with van der Waals surface area (Å²) in [4.78, 5) is 40.6. The Morgan fingerprint density at radius 3 is 1.58 bits per heavy atom. The van der Waals surface area contributed by atoms with Gasteiger partial charge in [-0.05, 0) is 61.0 Å². The van der Waals surface area contributed by atoms with Crippen molar-refractivity contribution in [2.45, 2.75) is 158 Å². The first-order valence-corrected chi connectivity index (χ1v) is 17.9. The van der Waals surface area contributed by atoms with Crippen molar-refractivity contribution < 1.29 is 71.6 Å². The molecule has 0 aromatic heterocycles. The van der Waals surface area contributed by atoms with Gasteiger partial charge in [0.05, 0.1) is 26.1 Å². The molecule has 53 heavy (non-hydrogen) atoms. The molecule has 6 heterocycles. The number of benzene rings is 1. The fourth-order valence-corrected chi connectivity index (χ4v) is 8.11. The van der Waals surface area contributed by atoms with Crippen LogP contribution in [0, 0.1) is 0 Å². The van der Waals surface area contributed by atoms with Crippen molar-refractivity contribution >= 4 is 18.0 Å². The van der Waals surface area contributed by atoms with E-state index in [0.717, 1.165) is 5.56 Å². The van der Waals surface area contributed by atoms with E-state index in [9.17, 15) is 19.5 Å². The Morgan fingerprint density at radius 2 is 1.13 bits per heavy atom. The fraction of sp³-hybridized carbons (Fsp3) is 0.750. The lowest BCUT2D eigenvalue weighted by atomic mass is 9.95. The second-order valence-electron chi connectivity index (χ2n) is 16.2. The van der Waals surface area contributed by atoms with Crippen LogP contribution in [0.5, 0.6) is 0 Å². The molecule has 0 bridgehead atoms. The Bertz CT molecular complexity index is 1570. The summed E-state index contributed by atoms with van der Waals surface area (Å²) in [7, 11) is 0. The van der Waals surface area contributed by atoms with Crippen molar-refractivity contribution in [3.63, 3.8) is 0 Å². The Hall–Kier alpha value is -2.97. The quantitative estimate of drug-likeness (QED) is 0.315. The number of carbonyl (C=O) groups excluding carboxylic acids is 2. The molecule has 1 aromatic carbocycles. The number of carbonyl (C=O) groups is 3. The van der Waals surface area contributed by atoms with Crippen molar-refractivity contribution in [3.05, 3.63) is 35.9 Å². The Balaban J connectivity index is 1.20. The zero-order chi connectivity index (χ0) is 38.2. The van der Waals surface area contributed by atoms with Gasteiger partial charge in [0.15, 0.2) is 34.6 Å². The highest BCUT2D eigenvalue weighted by atomic mass is 16.8. The van der Waals surface area contributed by atoms with Crippen LogP contribution in [0.3, 0.4) is 0 Å². The third kappa shape index (κ3) is 7.78. The van der Waals surface area contributed by atoms with Crippen LogP contribution < -0.4 is 10.6 Å². The summed E-state index contributed by atoms with van der Waals surface area (Å²) in [6.07, 6.45) is -9.05. The highest BCUT2D eigenvalue weighted by Gasteiger charge is 2.69. The molecule has 2 amide bonds. The molecule has 10 atom stereocenters. The van der Waals surface area contributed by atoms with Gasteiger partial charge in [0.25, 0.3) is 0 Å². The molecule has 17 heteroatoms. The molecule has 0 saturated carbocycles. The first-order valence-electron chi connectivity index (χ1n) is 17.9. The highest BCUT2D eigenvalue weighted by molar-refractivity contribution is 5.80. The zero-order valence-corrected chi connectivity index (χ0v) is 31.2. The number of ether oxygens (including phenoxy) is 11. The van der Waals surface area contributed by atoms with Crippen molar-refractivity contribution in [1.29, 1.82) is 0 Å². The molecule has 294 valence electrons. The molecule has 17 nitrogen and oxygen atoms in total. The maximum absolute atomic E-state index is 14.5. The normalized spacial score (nSPS) is 40.1. The van der Waals surface area contributed by atoms with Crippen LogP contribution in [0.25, 0.3) is 0 Å². The minimum absolute atomic E-state index is 0.0695. The topological polar surface area (TPSA) is 197 Å². The number of nitrogens with one attached hydrogen (secondary N) is 2. The standard InChI is InChI=1S/C36H50N2O15/c1-31(2)44-17-20(46-31)24-26-28(52-33(5,6)48-26)35(50-24,38-30(42)43-16-19-12-10-9-11-13-19)14-22(39)37-36(15-23(40)41)29-27(49-34(7,8)53-29)25(51-36)21-18-45-32(3,4)47-21/h9-13,20-21,24-29H,14-18H2,1-8H3,(H,37,39)(H,38,42)(H,40,41)/t20-,21-,24-,25-,26+,27+,28+,29+,35+,36+/m1/s1. The van der Waals surface area contributed by atoms with Crippen molar-refractivity contribution in [2.24, 2.45) is 0 Å². The second kappa shape index (κ2) is 13.4. The predicted octanol–water partition coefficient (Wildman–Crippen LogP) is 2.43. The molecule has 6 aliphatic heterocycles. The van der Waals surface area contributed by atoms with Gasteiger partial charge < -0.3 is 62.5 Å². The smallest absolute Gasteiger partial charge is 0.409 e. The molecule has 6 saturated heterocycles. The summed E-state index contributed by atoms with van der Waals surface area (Å²) in [5.41, 5.74) is -3.11. The molecular formula is C36H50N2O15. The molecule has 3 N–H and O–H groups in total. The van der Waals surface area contributed by atoms with Crippen LogP contribution in [0.2, 0.25) is 0 Å². The summed E-state index contributed by atoms with van der Waals surface area (Å²) in [6.45, 7) is 14.0. The van der Waals surface area contributed by atoms with E-state index in [4.69, 9.17) is 52.1 Å². The Morgan fingerprint density at radius 1 is 0.642 bits per heavy atom. The van der Waals surface area contributed by atoms with Crippen LogP contribution in [0.15, 0.2) is 30.3 Å². The number of hydrogen-bond donors (Lipinski definition) is 3. The molecule has 7 rings (SSSR count). The van der Waals surface area contributed by atoms with Gasteiger partial charge in [-0.1, -0.05) is 30.3 Å². The SMILES string of the molecule is CC1(C)OC[C@H]([C@H]2O[C@](CC(=O)O)(NC(=O)C[C@]3(NC(=O)OCc4ccccc4)O[C@H]([C@H]4COC(C)(C)O4)[C@@H]4OC(C)(C)O[C@@H]43)[C@H]3OC(C)(C)O[C@@H]23)O1. The molecule has 6 fully saturated rings. The molecular weight excluding hydrogens is 700 g/mol. The highest BCUT2D eigenvalue weighted by Crippen LogP contribution is 2.49. The number of carboxylic acids is 1. The average Bonchev–Trinajstić information content (AvgIpc) is 3.86. The molecule has 0 radical (unpaired) electrons. The van der Waals surface area contributed by atoms with Crippen LogP contribution in [0.4, 0.5) is 4.79 Å². The maximum Gasteiger partial charge on any atom is 0.409 e. The van der Waals surface area contributed by atoms with E-state index in [1.54, 1.807) is 67.5 Å². The molecule has 0 spiro atoms. The van der Waals surface area contributed by atoms with E-state index in [2.05, 4.69) is 10.6 Å². The van der Waals surface area contributed by atoms with E-state index in [1.807, 2.05) is 18.2 Å². The summed E-state index contributed by atoms with van der Waals surface area (Å²) >= 11 is 0. The van der Waals surface area contributed by atoms with Crippen LogP contribution >= 0.6 is 0 Å². The van der Waals surface area contributed by atoms with Crippen molar-refractivity contribution in [1.82, 2.24) is 10.6 Å². The lowest BCUT2D eigenvalue weighted by Gasteiger charge is -2.38. The largest absolute Gasteiger partial charge is 0.481 e. The van der Waals surface area contributed by atoms with Crippen LogP contribution in [-0.4, -0.2) is 120 Å². The number of alkyl carbamates (subject to hydrolysis) is 1. The van der Waals surface area contributed by atoms with Gasteiger partial charge >= 0.3 is 12.1 Å². The van der Waals surface area contributed by atoms with Gasteiger partial charge in [-0.25, -0.2) is 4.79 Å². The van der Waals surface area contributed by atoms with Gasteiger partial charge in [-0.3, -0.25) is 14.9 Å². The number of aliphatic carboxylic acids is 1. The monoisotopic (exact) mass is 750 g/mol. The van der Waals surface area contributed by atoms with E-state index >= 15 is 0 Å². The Labute approximate surface area is 307 Å². The third-order valence-electron chi connectivity index (χ3n) is 10.0. The van der Waals surface area contributed by atoms with Crippen LogP contribution in [-0.2, 0) is 68.3 Å². The van der Waals surface area contributed by atoms with Gasteiger partial charge in [0.1, 0.15) is 55.4 Å². The van der Waals surface area contributed by atoms with E-state index < -0.39 is 114 Å². The summed E-state index contributed by atoms with van der Waals surface area (Å²) < 4.78 is 67.7. The minimum Gasteiger partial charge on any atom is -0.481 e. The summed E-state index contributed by atoms with van der Waals surface area (Å²) in [6, 6.07) is 9.07. The number of fused-ring (bicyclic) bond motifs is 2. The van der Waals surface area contributed by atoms with Crippen molar-refractivity contribution in [2.75, 3.05) is 13.2 Å². The van der Waals surface area contributed by atoms with E-state index in [-0.39, 0.29) is 19.8 Å².